The molecule has 0 amide bonds. The number of nitrogens with zero attached hydrogens (tertiary/aromatic N) is 1. The summed E-state index contributed by atoms with van der Waals surface area (Å²) in [5, 5.41) is 12.9. The number of phenolic OH excluding ortho intramolecular Hbond substituents is 1. The first-order valence-corrected chi connectivity index (χ1v) is 9.48. The van der Waals surface area contributed by atoms with Crippen molar-refractivity contribution in [3.05, 3.63) is 65.7 Å². The predicted molar refractivity (Wildman–Crippen MR) is 109 cm³/mol. The van der Waals surface area contributed by atoms with E-state index < -0.39 is 0 Å². The topological polar surface area (TPSA) is 51.2 Å². The van der Waals surface area contributed by atoms with Crippen LogP contribution in [-0.2, 0) is 4.74 Å². The molecule has 1 aliphatic heterocycles. The lowest BCUT2D eigenvalue weighted by Gasteiger charge is -2.36. The second-order valence-electron chi connectivity index (χ2n) is 6.85. The van der Waals surface area contributed by atoms with Crippen LogP contribution in [0.25, 0.3) is 10.8 Å². The highest BCUT2D eigenvalue weighted by Gasteiger charge is 2.29. The number of fused-ring (bicyclic) bond motifs is 1. The molecule has 146 valence electrons. The van der Waals surface area contributed by atoms with Crippen LogP contribution < -0.4 is 9.47 Å². The molecular formula is C23H25NO4. The number of benzene rings is 3. The van der Waals surface area contributed by atoms with Gasteiger partial charge < -0.3 is 19.3 Å². The van der Waals surface area contributed by atoms with E-state index in [0.717, 1.165) is 46.5 Å². The minimum Gasteiger partial charge on any atom is -0.507 e. The van der Waals surface area contributed by atoms with Crippen molar-refractivity contribution < 1.29 is 19.3 Å². The highest BCUT2D eigenvalue weighted by Crippen LogP contribution is 2.43. The van der Waals surface area contributed by atoms with Crippen molar-refractivity contribution in [1.82, 2.24) is 4.90 Å². The van der Waals surface area contributed by atoms with E-state index in [4.69, 9.17) is 14.2 Å². The average Bonchev–Trinajstić information content (AvgIpc) is 2.76. The van der Waals surface area contributed by atoms with E-state index in [2.05, 4.69) is 11.0 Å². The van der Waals surface area contributed by atoms with Crippen LogP contribution >= 0.6 is 0 Å². The summed E-state index contributed by atoms with van der Waals surface area (Å²) in [4.78, 5) is 2.34. The Hall–Kier alpha value is -2.76. The van der Waals surface area contributed by atoms with E-state index in [-0.39, 0.29) is 11.8 Å². The van der Waals surface area contributed by atoms with Crippen molar-refractivity contribution in [3.63, 3.8) is 0 Å². The van der Waals surface area contributed by atoms with Crippen molar-refractivity contribution >= 4 is 10.8 Å². The molecule has 5 nitrogen and oxygen atoms in total. The lowest BCUT2D eigenvalue weighted by atomic mass is 9.92. The van der Waals surface area contributed by atoms with Gasteiger partial charge in [0, 0.05) is 35.0 Å². The molecule has 0 bridgehead atoms. The second kappa shape index (κ2) is 8.09. The van der Waals surface area contributed by atoms with E-state index in [9.17, 15) is 5.11 Å². The van der Waals surface area contributed by atoms with E-state index in [1.165, 1.54) is 0 Å². The first-order valence-electron chi connectivity index (χ1n) is 9.48. The van der Waals surface area contributed by atoms with Crippen molar-refractivity contribution in [2.24, 2.45) is 0 Å². The van der Waals surface area contributed by atoms with Crippen LogP contribution in [0.15, 0.2) is 54.6 Å². The molecule has 3 aromatic rings. The number of para-hydroxylation sites is 1. The molecule has 0 unspecified atom stereocenters. The fraction of sp³-hybridized carbons (Fsp3) is 0.304. The molecule has 1 heterocycles. The van der Waals surface area contributed by atoms with Gasteiger partial charge in [-0.15, -0.1) is 0 Å². The van der Waals surface area contributed by atoms with Crippen molar-refractivity contribution in [3.8, 4) is 17.2 Å². The van der Waals surface area contributed by atoms with E-state index in [1.54, 1.807) is 14.2 Å². The Morgan fingerprint density at radius 2 is 1.54 bits per heavy atom. The van der Waals surface area contributed by atoms with Crippen LogP contribution in [0.4, 0.5) is 0 Å². The summed E-state index contributed by atoms with van der Waals surface area (Å²) in [6.07, 6.45) is 0. The minimum atomic E-state index is -0.129. The smallest absolute Gasteiger partial charge is 0.128 e. The molecule has 0 spiro atoms. The van der Waals surface area contributed by atoms with Crippen molar-refractivity contribution in [2.45, 2.75) is 6.04 Å². The second-order valence-corrected chi connectivity index (χ2v) is 6.85. The van der Waals surface area contributed by atoms with E-state index in [1.807, 2.05) is 48.5 Å². The molecule has 5 heteroatoms. The van der Waals surface area contributed by atoms with Gasteiger partial charge in [0.1, 0.15) is 17.2 Å². The fourth-order valence-electron chi connectivity index (χ4n) is 4.02. The van der Waals surface area contributed by atoms with Gasteiger partial charge in [-0.1, -0.05) is 42.5 Å². The van der Waals surface area contributed by atoms with Gasteiger partial charge >= 0.3 is 0 Å². The van der Waals surface area contributed by atoms with Gasteiger partial charge in [-0.25, -0.2) is 0 Å². The summed E-state index contributed by atoms with van der Waals surface area (Å²) >= 11 is 0. The number of morpholine rings is 1. The van der Waals surface area contributed by atoms with Crippen LogP contribution in [-0.4, -0.2) is 50.5 Å². The number of hydrogen-bond donors (Lipinski definition) is 1. The molecule has 28 heavy (non-hydrogen) atoms. The maximum atomic E-state index is 11.2. The van der Waals surface area contributed by atoms with Crippen LogP contribution in [0, 0.1) is 0 Å². The van der Waals surface area contributed by atoms with E-state index in [0.29, 0.717) is 13.2 Å². The summed E-state index contributed by atoms with van der Waals surface area (Å²) < 4.78 is 16.7. The summed E-state index contributed by atoms with van der Waals surface area (Å²) in [5.41, 5.74) is 1.89. The molecule has 0 aliphatic carbocycles. The Labute approximate surface area is 165 Å². The minimum absolute atomic E-state index is 0.129. The maximum Gasteiger partial charge on any atom is 0.128 e. The van der Waals surface area contributed by atoms with Gasteiger partial charge in [-0.2, -0.15) is 0 Å². The Morgan fingerprint density at radius 3 is 2.29 bits per heavy atom. The molecule has 0 aromatic heterocycles. The molecular weight excluding hydrogens is 354 g/mol. The molecule has 1 aliphatic rings. The maximum absolute atomic E-state index is 11.2. The van der Waals surface area contributed by atoms with Crippen molar-refractivity contribution in [1.29, 1.82) is 0 Å². The zero-order valence-electron chi connectivity index (χ0n) is 16.2. The number of ether oxygens (including phenoxy) is 3. The molecule has 1 atom stereocenters. The summed E-state index contributed by atoms with van der Waals surface area (Å²) in [5.74, 6) is 1.84. The fourth-order valence-corrected chi connectivity index (χ4v) is 4.02. The first-order chi connectivity index (χ1) is 13.7. The van der Waals surface area contributed by atoms with Gasteiger partial charge in [0.2, 0.25) is 0 Å². The molecule has 3 aromatic carbocycles. The lowest BCUT2D eigenvalue weighted by molar-refractivity contribution is 0.0232. The van der Waals surface area contributed by atoms with Gasteiger partial charge in [0.15, 0.2) is 0 Å². The normalized spacial score (nSPS) is 16.1. The van der Waals surface area contributed by atoms with Crippen molar-refractivity contribution in [2.75, 3.05) is 40.5 Å². The quantitative estimate of drug-likeness (QED) is 0.727. The Bertz CT molecular complexity index is 966. The zero-order chi connectivity index (χ0) is 19.5. The van der Waals surface area contributed by atoms with Crippen LogP contribution in [0.3, 0.4) is 0 Å². The first kappa shape index (κ1) is 18.6. The third-order valence-electron chi connectivity index (χ3n) is 5.38. The van der Waals surface area contributed by atoms with Crippen LogP contribution in [0.1, 0.15) is 17.2 Å². The Kier molecular flexibility index (Phi) is 5.37. The summed E-state index contributed by atoms with van der Waals surface area (Å²) in [7, 11) is 3.32. The SMILES string of the molecule is COc1ccccc1[C@@H](c1ccc2c(OC)cccc2c1O)N1CCOCC1. The largest absolute Gasteiger partial charge is 0.507 e. The third-order valence-corrected chi connectivity index (χ3v) is 5.38. The highest BCUT2D eigenvalue weighted by atomic mass is 16.5. The zero-order valence-corrected chi connectivity index (χ0v) is 16.2. The Morgan fingerprint density at radius 1 is 0.821 bits per heavy atom. The standard InChI is InChI=1S/C23H25NO4/c1-26-20-9-5-7-17-16(20)10-11-19(23(17)25)22(24-12-14-28-15-13-24)18-6-3-4-8-21(18)27-2/h3-11,22,25H,12-15H2,1-2H3/t22-/m0/s1. The molecule has 1 fully saturated rings. The third kappa shape index (κ3) is 3.28. The molecule has 1 saturated heterocycles. The number of hydrogen-bond acceptors (Lipinski definition) is 5. The van der Waals surface area contributed by atoms with Crippen LogP contribution in [0.2, 0.25) is 0 Å². The molecule has 0 saturated carbocycles. The van der Waals surface area contributed by atoms with Crippen LogP contribution in [0.5, 0.6) is 17.2 Å². The number of rotatable bonds is 5. The molecule has 1 N–H and O–H groups in total. The number of phenols is 1. The number of aromatic hydroxyl groups is 1. The Balaban J connectivity index is 1.90. The molecule has 0 radical (unpaired) electrons. The van der Waals surface area contributed by atoms with Gasteiger partial charge in [0.25, 0.3) is 0 Å². The summed E-state index contributed by atoms with van der Waals surface area (Å²) in [6, 6.07) is 17.6. The monoisotopic (exact) mass is 379 g/mol. The van der Waals surface area contributed by atoms with Gasteiger partial charge in [-0.05, 0) is 12.1 Å². The van der Waals surface area contributed by atoms with E-state index >= 15 is 0 Å². The highest BCUT2D eigenvalue weighted by molar-refractivity contribution is 5.94. The number of methoxy groups -OCH3 is 2. The van der Waals surface area contributed by atoms with Gasteiger partial charge in [-0.3, -0.25) is 4.90 Å². The predicted octanol–water partition coefficient (Wildman–Crippen LogP) is 3.98. The summed E-state index contributed by atoms with van der Waals surface area (Å²) in [6.45, 7) is 2.93. The van der Waals surface area contributed by atoms with Gasteiger partial charge in [0.05, 0.1) is 33.5 Å². The lowest BCUT2D eigenvalue weighted by Crippen LogP contribution is -2.39. The average molecular weight is 379 g/mol. The molecule has 4 rings (SSSR count).